The van der Waals surface area contributed by atoms with Crippen molar-refractivity contribution in [3.8, 4) is 0 Å². The molecule has 0 unspecified atom stereocenters. The lowest BCUT2D eigenvalue weighted by Gasteiger charge is -2.27. The second-order valence-electron chi connectivity index (χ2n) is 8.73. The zero-order valence-electron chi connectivity index (χ0n) is 19.4. The number of carboxylic acids is 1. The molecule has 0 spiro atoms. The second kappa shape index (κ2) is 10.9. The Morgan fingerprint density at radius 1 is 1.17 bits per heavy atom. The molecule has 0 bridgehead atoms. The first-order valence-corrected chi connectivity index (χ1v) is 11.3. The number of hydrogen-bond acceptors (Lipinski definition) is 5. The van der Waals surface area contributed by atoms with Crippen LogP contribution >= 0.6 is 24.2 Å². The third-order valence-electron chi connectivity index (χ3n) is 5.20. The van der Waals surface area contributed by atoms with Crippen molar-refractivity contribution < 1.29 is 32.7 Å². The van der Waals surface area contributed by atoms with Crippen LogP contribution < -0.4 is 4.90 Å². The van der Waals surface area contributed by atoms with E-state index >= 15 is 0 Å². The maximum atomic E-state index is 13.2. The van der Waals surface area contributed by atoms with Gasteiger partial charge in [-0.1, -0.05) is 31.5 Å². The molecule has 35 heavy (non-hydrogen) atoms. The van der Waals surface area contributed by atoms with E-state index in [2.05, 4.69) is 31.5 Å². The SMILES string of the molecule is CC(C)Cc1ccc(N2C(=O)N(Cc3ccncc3)C(C)(C)C2=O)c(S)c1Cl.O=C(O)C(F)(F)F. The first-order valence-electron chi connectivity index (χ1n) is 10.4. The monoisotopic (exact) mass is 531 g/mol. The number of aliphatic carboxylic acids is 1. The Balaban J connectivity index is 0.000000540. The molecule has 1 saturated heterocycles. The van der Waals surface area contributed by atoms with Crippen LogP contribution in [0.2, 0.25) is 5.02 Å². The summed E-state index contributed by atoms with van der Waals surface area (Å²) in [6.07, 6.45) is -0.947. The molecule has 0 saturated carbocycles. The first kappa shape index (κ1) is 28.4. The van der Waals surface area contributed by atoms with Gasteiger partial charge in [0.05, 0.1) is 10.7 Å². The highest BCUT2D eigenvalue weighted by Crippen LogP contribution is 2.40. The van der Waals surface area contributed by atoms with Crippen LogP contribution in [0.3, 0.4) is 0 Å². The molecule has 1 aromatic carbocycles. The van der Waals surface area contributed by atoms with E-state index in [1.807, 2.05) is 18.2 Å². The first-order chi connectivity index (χ1) is 16.1. The van der Waals surface area contributed by atoms with Crippen LogP contribution in [-0.4, -0.2) is 44.6 Å². The number of carboxylic acid groups (broad SMARTS) is 1. The summed E-state index contributed by atoms with van der Waals surface area (Å²) in [5, 5.41) is 7.61. The number of pyridine rings is 1. The van der Waals surface area contributed by atoms with Crippen molar-refractivity contribution in [3.05, 3.63) is 52.8 Å². The highest BCUT2D eigenvalue weighted by atomic mass is 35.5. The van der Waals surface area contributed by atoms with Crippen LogP contribution in [0.25, 0.3) is 0 Å². The van der Waals surface area contributed by atoms with Crippen LogP contribution in [-0.2, 0) is 22.6 Å². The minimum atomic E-state index is -5.08. The van der Waals surface area contributed by atoms with Crippen molar-refractivity contribution in [1.82, 2.24) is 9.88 Å². The van der Waals surface area contributed by atoms with Gasteiger partial charge in [0, 0.05) is 23.8 Å². The summed E-state index contributed by atoms with van der Waals surface area (Å²) in [5.41, 5.74) is 1.30. The Morgan fingerprint density at radius 3 is 2.20 bits per heavy atom. The Bertz CT molecular complexity index is 1110. The maximum Gasteiger partial charge on any atom is 0.490 e. The number of hydrogen-bond donors (Lipinski definition) is 2. The predicted octanol–water partition coefficient (Wildman–Crippen LogP) is 5.60. The van der Waals surface area contributed by atoms with Crippen molar-refractivity contribution >= 4 is 47.8 Å². The largest absolute Gasteiger partial charge is 0.490 e. The number of alkyl halides is 3. The third-order valence-corrected chi connectivity index (χ3v) is 6.22. The van der Waals surface area contributed by atoms with Crippen LogP contribution in [0.1, 0.15) is 38.8 Å². The quantitative estimate of drug-likeness (QED) is 0.387. The topological polar surface area (TPSA) is 90.8 Å². The summed E-state index contributed by atoms with van der Waals surface area (Å²) in [7, 11) is 0. The molecule has 1 aliphatic rings. The molecular formula is C23H25ClF3N3O4S. The Labute approximate surface area is 211 Å². The molecule has 1 aliphatic heterocycles. The van der Waals surface area contributed by atoms with Crippen molar-refractivity contribution in [3.63, 3.8) is 0 Å². The summed E-state index contributed by atoms with van der Waals surface area (Å²) in [5.74, 6) is -2.62. The van der Waals surface area contributed by atoms with Gasteiger partial charge in [0.1, 0.15) is 5.54 Å². The standard InChI is InChI=1S/C21H24ClN3O2S.C2HF3O2/c1-13(2)11-15-5-6-16(18(28)17(15)22)25-19(26)21(3,4)24(20(25)27)12-14-7-9-23-10-8-14;3-2(4,5)1(6)7/h5-10,13,28H,11-12H2,1-4H3;(H,6,7). The summed E-state index contributed by atoms with van der Waals surface area (Å²) in [6.45, 7) is 8.03. The minimum Gasteiger partial charge on any atom is -0.475 e. The fourth-order valence-corrected chi connectivity index (χ4v) is 3.91. The number of nitrogens with zero attached hydrogens (tertiary/aromatic N) is 3. The molecular weight excluding hydrogens is 507 g/mol. The number of carbonyl (C=O) groups excluding carboxylic acids is 2. The van der Waals surface area contributed by atoms with Gasteiger partial charge in [0.25, 0.3) is 5.91 Å². The molecule has 1 fully saturated rings. The van der Waals surface area contributed by atoms with Gasteiger partial charge in [-0.15, -0.1) is 12.6 Å². The summed E-state index contributed by atoms with van der Waals surface area (Å²) >= 11 is 11.0. The number of benzene rings is 1. The van der Waals surface area contributed by atoms with E-state index in [0.717, 1.165) is 17.5 Å². The van der Waals surface area contributed by atoms with E-state index in [9.17, 15) is 22.8 Å². The van der Waals surface area contributed by atoms with Gasteiger partial charge in [-0.25, -0.2) is 14.5 Å². The van der Waals surface area contributed by atoms with Crippen molar-refractivity contribution in [2.75, 3.05) is 4.90 Å². The Morgan fingerprint density at radius 2 is 1.71 bits per heavy atom. The van der Waals surface area contributed by atoms with E-state index in [4.69, 9.17) is 21.5 Å². The van der Waals surface area contributed by atoms with Gasteiger partial charge in [-0.2, -0.15) is 13.2 Å². The number of urea groups is 1. The lowest BCUT2D eigenvalue weighted by atomic mass is 10.0. The molecule has 0 radical (unpaired) electrons. The molecule has 0 aliphatic carbocycles. The van der Waals surface area contributed by atoms with Gasteiger partial charge in [-0.05, 0) is 55.5 Å². The number of rotatable bonds is 5. The number of amides is 3. The van der Waals surface area contributed by atoms with E-state index in [0.29, 0.717) is 28.1 Å². The zero-order chi connectivity index (χ0) is 26.7. The number of halogens is 4. The molecule has 1 N–H and O–H groups in total. The van der Waals surface area contributed by atoms with E-state index in [1.54, 1.807) is 37.2 Å². The molecule has 3 amide bonds. The smallest absolute Gasteiger partial charge is 0.475 e. The predicted molar refractivity (Wildman–Crippen MR) is 128 cm³/mol. The van der Waals surface area contributed by atoms with Crippen LogP contribution in [0.4, 0.5) is 23.7 Å². The zero-order valence-corrected chi connectivity index (χ0v) is 21.1. The fraction of sp³-hybridized carbons (Fsp3) is 0.391. The number of anilines is 1. The summed E-state index contributed by atoms with van der Waals surface area (Å²) in [4.78, 5) is 42.4. The van der Waals surface area contributed by atoms with Gasteiger partial charge in [0.15, 0.2) is 0 Å². The van der Waals surface area contributed by atoms with E-state index in [-0.39, 0.29) is 11.9 Å². The average Bonchev–Trinajstić information content (AvgIpc) is 2.92. The number of thiol groups is 1. The molecule has 190 valence electrons. The molecule has 2 aromatic rings. The fourth-order valence-electron chi connectivity index (χ4n) is 3.36. The summed E-state index contributed by atoms with van der Waals surface area (Å²) in [6, 6.07) is 6.91. The van der Waals surface area contributed by atoms with Gasteiger partial charge < -0.3 is 10.0 Å². The molecule has 7 nitrogen and oxygen atoms in total. The maximum absolute atomic E-state index is 13.2. The Hall–Kier alpha value is -2.79. The van der Waals surface area contributed by atoms with Gasteiger partial charge >= 0.3 is 18.2 Å². The highest BCUT2D eigenvalue weighted by molar-refractivity contribution is 7.80. The van der Waals surface area contributed by atoms with Crippen molar-refractivity contribution in [2.45, 2.75) is 57.3 Å². The number of carbonyl (C=O) groups is 3. The second-order valence-corrected chi connectivity index (χ2v) is 9.56. The Kier molecular flexibility index (Phi) is 8.83. The molecule has 1 aromatic heterocycles. The van der Waals surface area contributed by atoms with Crippen LogP contribution in [0.15, 0.2) is 41.6 Å². The van der Waals surface area contributed by atoms with E-state index < -0.39 is 17.7 Å². The average molecular weight is 532 g/mol. The van der Waals surface area contributed by atoms with Gasteiger partial charge in [0.2, 0.25) is 0 Å². The lowest BCUT2D eigenvalue weighted by molar-refractivity contribution is -0.192. The molecule has 2 heterocycles. The lowest BCUT2D eigenvalue weighted by Crippen LogP contribution is -2.43. The van der Waals surface area contributed by atoms with Crippen LogP contribution in [0.5, 0.6) is 0 Å². The highest BCUT2D eigenvalue weighted by Gasteiger charge is 2.52. The van der Waals surface area contributed by atoms with Crippen molar-refractivity contribution in [1.29, 1.82) is 0 Å². The molecule has 12 heteroatoms. The van der Waals surface area contributed by atoms with Crippen molar-refractivity contribution in [2.24, 2.45) is 5.92 Å². The number of imide groups is 1. The molecule has 0 atom stereocenters. The molecule has 3 rings (SSSR count). The summed E-state index contributed by atoms with van der Waals surface area (Å²) < 4.78 is 31.7. The normalized spacial score (nSPS) is 15.4. The number of aromatic nitrogens is 1. The minimum absolute atomic E-state index is 0.297. The van der Waals surface area contributed by atoms with E-state index in [1.165, 1.54) is 4.90 Å². The third kappa shape index (κ3) is 6.46. The van der Waals surface area contributed by atoms with Crippen LogP contribution in [0, 0.1) is 5.92 Å². The van der Waals surface area contributed by atoms with Gasteiger partial charge in [-0.3, -0.25) is 9.78 Å².